The van der Waals surface area contributed by atoms with Crippen LogP contribution in [-0.4, -0.2) is 39.6 Å². The number of fused-ring (bicyclic) bond motifs is 1. The molecule has 0 aromatic carbocycles. The van der Waals surface area contributed by atoms with Crippen LogP contribution in [0.2, 0.25) is 0 Å². The molecule has 2 saturated heterocycles. The van der Waals surface area contributed by atoms with Gasteiger partial charge in [0.25, 0.3) is 0 Å². The SMILES string of the molecule is O=S(=O)(Cl)C[C@@H]1C[C@H]2COC[C@@H]2O1. The summed E-state index contributed by atoms with van der Waals surface area (Å²) in [6, 6.07) is 0. The Bertz CT molecular complexity index is 277. The highest BCUT2D eigenvalue weighted by Crippen LogP contribution is 2.32. The van der Waals surface area contributed by atoms with E-state index in [1.165, 1.54) is 0 Å². The van der Waals surface area contributed by atoms with E-state index in [2.05, 4.69) is 0 Å². The summed E-state index contributed by atoms with van der Waals surface area (Å²) < 4.78 is 32.2. The predicted octanol–water partition coefficient (Wildman–Crippen LogP) is 0.359. The fraction of sp³-hybridized carbons (Fsp3) is 1.00. The third-order valence-electron chi connectivity index (χ3n) is 2.46. The molecule has 13 heavy (non-hydrogen) atoms. The first-order valence-corrected chi connectivity index (χ1v) is 6.68. The summed E-state index contributed by atoms with van der Waals surface area (Å²) >= 11 is 0. The van der Waals surface area contributed by atoms with Crippen LogP contribution in [0.3, 0.4) is 0 Å². The zero-order valence-electron chi connectivity index (χ0n) is 6.98. The maximum atomic E-state index is 10.8. The van der Waals surface area contributed by atoms with Crippen molar-refractivity contribution in [2.75, 3.05) is 19.0 Å². The second-order valence-corrected chi connectivity index (χ2v) is 6.36. The van der Waals surface area contributed by atoms with Crippen molar-refractivity contribution in [2.24, 2.45) is 5.92 Å². The van der Waals surface area contributed by atoms with E-state index >= 15 is 0 Å². The van der Waals surface area contributed by atoms with Crippen LogP contribution in [0.25, 0.3) is 0 Å². The Morgan fingerprint density at radius 1 is 1.38 bits per heavy atom. The van der Waals surface area contributed by atoms with Gasteiger partial charge in [0.05, 0.1) is 31.2 Å². The molecule has 2 heterocycles. The average molecular weight is 227 g/mol. The molecule has 2 fully saturated rings. The Morgan fingerprint density at radius 2 is 2.15 bits per heavy atom. The maximum absolute atomic E-state index is 10.8. The van der Waals surface area contributed by atoms with E-state index in [1.54, 1.807) is 0 Å². The quantitative estimate of drug-likeness (QED) is 0.638. The van der Waals surface area contributed by atoms with E-state index in [4.69, 9.17) is 20.2 Å². The Morgan fingerprint density at radius 3 is 2.77 bits per heavy atom. The number of rotatable bonds is 2. The first-order chi connectivity index (χ1) is 6.04. The lowest BCUT2D eigenvalue weighted by molar-refractivity contribution is 0.0301. The van der Waals surface area contributed by atoms with Gasteiger partial charge in [-0.25, -0.2) is 8.42 Å². The van der Waals surface area contributed by atoms with Gasteiger partial charge in [0, 0.05) is 16.6 Å². The Labute approximate surface area is 81.6 Å². The van der Waals surface area contributed by atoms with E-state index < -0.39 is 9.05 Å². The predicted molar refractivity (Wildman–Crippen MR) is 47.2 cm³/mol. The summed E-state index contributed by atoms with van der Waals surface area (Å²) in [5.41, 5.74) is 0. The molecule has 0 aromatic heterocycles. The molecule has 0 N–H and O–H groups in total. The molecule has 0 aliphatic carbocycles. The molecule has 0 radical (unpaired) electrons. The average Bonchev–Trinajstić information content (AvgIpc) is 2.40. The third-order valence-corrected chi connectivity index (χ3v) is 3.61. The zero-order valence-corrected chi connectivity index (χ0v) is 8.55. The van der Waals surface area contributed by atoms with E-state index in [9.17, 15) is 8.42 Å². The van der Waals surface area contributed by atoms with E-state index in [0.29, 0.717) is 19.1 Å². The standard InChI is InChI=1S/C7H11ClO4S/c8-13(9,10)4-6-1-5-2-11-3-7(5)12-6/h5-7H,1-4H2/t5-,6-,7-/m0/s1. The molecule has 0 amide bonds. The fourth-order valence-electron chi connectivity index (χ4n) is 1.92. The molecule has 0 unspecified atom stereocenters. The fourth-order valence-corrected chi connectivity index (χ4v) is 3.00. The van der Waals surface area contributed by atoms with Gasteiger partial charge < -0.3 is 9.47 Å². The molecule has 0 aromatic rings. The van der Waals surface area contributed by atoms with Crippen LogP contribution in [0.1, 0.15) is 6.42 Å². The van der Waals surface area contributed by atoms with Crippen molar-refractivity contribution in [3.8, 4) is 0 Å². The van der Waals surface area contributed by atoms with Gasteiger partial charge in [0.15, 0.2) is 0 Å². The molecule has 6 heteroatoms. The second kappa shape index (κ2) is 3.38. The van der Waals surface area contributed by atoms with Gasteiger partial charge in [-0.3, -0.25) is 0 Å². The molecule has 4 nitrogen and oxygen atoms in total. The van der Waals surface area contributed by atoms with Crippen molar-refractivity contribution in [1.29, 1.82) is 0 Å². The minimum absolute atomic E-state index is 0.0818. The summed E-state index contributed by atoms with van der Waals surface area (Å²) in [6.45, 7) is 1.27. The van der Waals surface area contributed by atoms with Crippen LogP contribution >= 0.6 is 10.7 Å². The zero-order chi connectivity index (χ0) is 9.47. The Kier molecular flexibility index (Phi) is 2.53. The number of hydrogen-bond donors (Lipinski definition) is 0. The van der Waals surface area contributed by atoms with Crippen LogP contribution in [0.15, 0.2) is 0 Å². The van der Waals surface area contributed by atoms with Crippen molar-refractivity contribution >= 4 is 19.7 Å². The van der Waals surface area contributed by atoms with Gasteiger partial charge >= 0.3 is 0 Å². The van der Waals surface area contributed by atoms with Crippen LogP contribution in [-0.2, 0) is 18.5 Å². The van der Waals surface area contributed by atoms with Gasteiger partial charge in [0.2, 0.25) is 9.05 Å². The van der Waals surface area contributed by atoms with Gasteiger partial charge in [-0.15, -0.1) is 0 Å². The largest absolute Gasteiger partial charge is 0.378 e. The summed E-state index contributed by atoms with van der Waals surface area (Å²) in [5.74, 6) is 0.282. The highest BCUT2D eigenvalue weighted by atomic mass is 35.7. The van der Waals surface area contributed by atoms with Crippen LogP contribution < -0.4 is 0 Å². The third kappa shape index (κ3) is 2.34. The van der Waals surface area contributed by atoms with E-state index in [0.717, 1.165) is 6.42 Å². The maximum Gasteiger partial charge on any atom is 0.235 e. The summed E-state index contributed by atoms with van der Waals surface area (Å²) in [7, 11) is 1.70. The molecule has 3 atom stereocenters. The molecular weight excluding hydrogens is 216 g/mol. The minimum Gasteiger partial charge on any atom is -0.378 e. The summed E-state index contributed by atoms with van der Waals surface area (Å²) in [6.07, 6.45) is 0.598. The molecule has 2 aliphatic heterocycles. The van der Waals surface area contributed by atoms with Gasteiger partial charge in [0.1, 0.15) is 0 Å². The summed E-state index contributed by atoms with van der Waals surface area (Å²) in [5, 5.41) is 0. The van der Waals surface area contributed by atoms with Crippen LogP contribution in [0.5, 0.6) is 0 Å². The van der Waals surface area contributed by atoms with Gasteiger partial charge in [-0.1, -0.05) is 0 Å². The lowest BCUT2D eigenvalue weighted by Crippen LogP contribution is -2.20. The molecule has 76 valence electrons. The van der Waals surface area contributed by atoms with Crippen molar-refractivity contribution in [3.05, 3.63) is 0 Å². The first kappa shape index (κ1) is 9.71. The van der Waals surface area contributed by atoms with Crippen LogP contribution in [0.4, 0.5) is 0 Å². The molecule has 0 spiro atoms. The number of halogens is 1. The van der Waals surface area contributed by atoms with Crippen molar-refractivity contribution < 1.29 is 17.9 Å². The number of ether oxygens (including phenoxy) is 2. The Hall–Kier alpha value is 0.160. The molecular formula is C7H11ClO4S. The topological polar surface area (TPSA) is 52.6 Å². The van der Waals surface area contributed by atoms with Crippen molar-refractivity contribution in [3.63, 3.8) is 0 Å². The van der Waals surface area contributed by atoms with E-state index in [-0.39, 0.29) is 18.0 Å². The molecule has 0 bridgehead atoms. The van der Waals surface area contributed by atoms with Crippen molar-refractivity contribution in [1.82, 2.24) is 0 Å². The number of hydrogen-bond acceptors (Lipinski definition) is 4. The lowest BCUT2D eigenvalue weighted by atomic mass is 10.0. The highest BCUT2D eigenvalue weighted by Gasteiger charge is 2.40. The first-order valence-electron chi connectivity index (χ1n) is 4.20. The second-order valence-electron chi connectivity index (χ2n) is 3.54. The smallest absolute Gasteiger partial charge is 0.235 e. The van der Waals surface area contributed by atoms with Crippen molar-refractivity contribution in [2.45, 2.75) is 18.6 Å². The molecule has 0 saturated carbocycles. The van der Waals surface area contributed by atoms with Gasteiger partial charge in [-0.2, -0.15) is 0 Å². The van der Waals surface area contributed by atoms with E-state index in [1.807, 2.05) is 0 Å². The summed E-state index contributed by atoms with van der Waals surface area (Å²) in [4.78, 5) is 0. The molecule has 2 aliphatic rings. The molecule has 2 rings (SSSR count). The van der Waals surface area contributed by atoms with Crippen LogP contribution in [0, 0.1) is 5.92 Å². The van der Waals surface area contributed by atoms with Gasteiger partial charge in [-0.05, 0) is 6.42 Å². The monoisotopic (exact) mass is 226 g/mol. The highest BCUT2D eigenvalue weighted by molar-refractivity contribution is 8.13. The minimum atomic E-state index is -3.43. The Balaban J connectivity index is 1.92. The lowest BCUT2D eigenvalue weighted by Gasteiger charge is -2.09. The normalized spacial score (nSPS) is 39.3.